The number of aryl methyl sites for hydroxylation is 1. The second-order valence-electron chi connectivity index (χ2n) is 4.65. The Labute approximate surface area is 124 Å². The van der Waals surface area contributed by atoms with Crippen molar-refractivity contribution in [3.8, 4) is 10.4 Å². The minimum absolute atomic E-state index is 0.128. The van der Waals surface area contributed by atoms with Gasteiger partial charge in [0.15, 0.2) is 0 Å². The maximum Gasteiger partial charge on any atom is 0.262 e. The number of nitrogens with two attached hydrogens (primary N) is 1. The maximum atomic E-state index is 12.4. The molecule has 5 nitrogen and oxygen atoms in total. The summed E-state index contributed by atoms with van der Waals surface area (Å²) < 4.78 is 1.43. The van der Waals surface area contributed by atoms with Gasteiger partial charge in [-0.05, 0) is 11.6 Å². The average molecular weight is 299 g/mol. The Morgan fingerprint density at radius 2 is 2.05 bits per heavy atom. The van der Waals surface area contributed by atoms with Crippen LogP contribution in [0.2, 0.25) is 0 Å². The standard InChI is InChI=1S/C15H13N3O2S/c16-13(19)6-7-18-9-17-14-11(15(18)20)8-12(21-14)10-4-2-1-3-5-10/h1-5,8-9H,6-7H2,(H2,16,19). The van der Waals surface area contributed by atoms with Crippen LogP contribution in [0.5, 0.6) is 0 Å². The molecule has 6 heteroatoms. The second-order valence-corrected chi connectivity index (χ2v) is 5.69. The fourth-order valence-corrected chi connectivity index (χ4v) is 3.09. The van der Waals surface area contributed by atoms with Crippen molar-refractivity contribution in [1.82, 2.24) is 9.55 Å². The number of benzene rings is 1. The van der Waals surface area contributed by atoms with E-state index < -0.39 is 5.91 Å². The number of primary amides is 1. The fraction of sp³-hybridized carbons (Fsp3) is 0.133. The van der Waals surface area contributed by atoms with E-state index in [4.69, 9.17) is 5.73 Å². The van der Waals surface area contributed by atoms with Crippen molar-refractivity contribution in [1.29, 1.82) is 0 Å². The van der Waals surface area contributed by atoms with E-state index in [-0.39, 0.29) is 18.5 Å². The molecule has 0 saturated heterocycles. The quantitative estimate of drug-likeness (QED) is 0.800. The zero-order valence-electron chi connectivity index (χ0n) is 11.2. The van der Waals surface area contributed by atoms with Gasteiger partial charge in [-0.25, -0.2) is 4.98 Å². The summed E-state index contributed by atoms with van der Waals surface area (Å²) in [7, 11) is 0. The van der Waals surface area contributed by atoms with Gasteiger partial charge in [0, 0.05) is 17.8 Å². The van der Waals surface area contributed by atoms with Crippen LogP contribution in [0.15, 0.2) is 47.5 Å². The van der Waals surface area contributed by atoms with Crippen LogP contribution in [-0.2, 0) is 11.3 Å². The molecule has 0 atom stereocenters. The molecule has 1 amide bonds. The topological polar surface area (TPSA) is 78.0 Å². The van der Waals surface area contributed by atoms with E-state index in [1.807, 2.05) is 36.4 Å². The molecule has 0 aliphatic rings. The number of aromatic nitrogens is 2. The number of carbonyl (C=O) groups excluding carboxylic acids is 1. The van der Waals surface area contributed by atoms with Crippen LogP contribution in [0.3, 0.4) is 0 Å². The van der Waals surface area contributed by atoms with Gasteiger partial charge in [0.05, 0.1) is 11.7 Å². The van der Waals surface area contributed by atoms with Gasteiger partial charge in [0.1, 0.15) is 4.83 Å². The van der Waals surface area contributed by atoms with E-state index in [0.717, 1.165) is 10.4 Å². The molecule has 0 saturated carbocycles. The summed E-state index contributed by atoms with van der Waals surface area (Å²) in [6.45, 7) is 0.258. The highest BCUT2D eigenvalue weighted by atomic mass is 32.1. The van der Waals surface area contributed by atoms with E-state index in [9.17, 15) is 9.59 Å². The monoisotopic (exact) mass is 299 g/mol. The highest BCUT2D eigenvalue weighted by Crippen LogP contribution is 2.30. The van der Waals surface area contributed by atoms with Crippen LogP contribution in [0, 0.1) is 0 Å². The molecule has 3 aromatic rings. The lowest BCUT2D eigenvalue weighted by molar-refractivity contribution is -0.118. The number of nitrogens with zero attached hydrogens (tertiary/aromatic N) is 2. The van der Waals surface area contributed by atoms with Gasteiger partial charge in [-0.2, -0.15) is 0 Å². The summed E-state index contributed by atoms with van der Waals surface area (Å²) in [6.07, 6.45) is 1.60. The average Bonchev–Trinajstić information content (AvgIpc) is 2.92. The predicted molar refractivity (Wildman–Crippen MR) is 83.1 cm³/mol. The van der Waals surface area contributed by atoms with Crippen molar-refractivity contribution in [2.75, 3.05) is 0 Å². The third-order valence-corrected chi connectivity index (χ3v) is 4.27. The molecule has 0 spiro atoms. The fourth-order valence-electron chi connectivity index (χ4n) is 2.09. The summed E-state index contributed by atoms with van der Waals surface area (Å²) in [5.74, 6) is -0.433. The lowest BCUT2D eigenvalue weighted by atomic mass is 10.2. The molecule has 0 bridgehead atoms. The highest BCUT2D eigenvalue weighted by molar-refractivity contribution is 7.21. The molecule has 0 radical (unpaired) electrons. The van der Waals surface area contributed by atoms with Gasteiger partial charge in [0.2, 0.25) is 5.91 Å². The van der Waals surface area contributed by atoms with E-state index in [0.29, 0.717) is 10.2 Å². The first-order valence-corrected chi connectivity index (χ1v) is 7.29. The highest BCUT2D eigenvalue weighted by Gasteiger charge is 2.10. The van der Waals surface area contributed by atoms with Gasteiger partial charge in [-0.3, -0.25) is 14.2 Å². The number of fused-ring (bicyclic) bond motifs is 1. The summed E-state index contributed by atoms with van der Waals surface area (Å²) >= 11 is 1.48. The van der Waals surface area contributed by atoms with E-state index >= 15 is 0 Å². The van der Waals surface area contributed by atoms with Gasteiger partial charge >= 0.3 is 0 Å². The zero-order valence-corrected chi connectivity index (χ0v) is 12.0. The number of carbonyl (C=O) groups is 1. The molecule has 2 N–H and O–H groups in total. The lowest BCUT2D eigenvalue weighted by Crippen LogP contribution is -2.23. The van der Waals surface area contributed by atoms with Crippen molar-refractivity contribution in [2.45, 2.75) is 13.0 Å². The van der Waals surface area contributed by atoms with Crippen LogP contribution in [0.4, 0.5) is 0 Å². The van der Waals surface area contributed by atoms with Crippen molar-refractivity contribution in [3.05, 3.63) is 53.1 Å². The van der Waals surface area contributed by atoms with Crippen LogP contribution in [-0.4, -0.2) is 15.5 Å². The first kappa shape index (κ1) is 13.5. The Morgan fingerprint density at radius 3 is 2.76 bits per heavy atom. The Kier molecular flexibility index (Phi) is 3.53. The molecular formula is C15H13N3O2S. The number of amides is 1. The molecule has 1 aromatic carbocycles. The molecule has 0 aliphatic heterocycles. The number of thiophene rings is 1. The third kappa shape index (κ3) is 2.71. The van der Waals surface area contributed by atoms with Crippen molar-refractivity contribution in [2.24, 2.45) is 5.73 Å². The number of hydrogen-bond donors (Lipinski definition) is 1. The van der Waals surface area contributed by atoms with Crippen LogP contribution < -0.4 is 11.3 Å². The molecule has 0 unspecified atom stereocenters. The first-order valence-electron chi connectivity index (χ1n) is 6.48. The van der Waals surface area contributed by atoms with Gasteiger partial charge in [-0.1, -0.05) is 30.3 Å². The maximum absolute atomic E-state index is 12.4. The Hall–Kier alpha value is -2.47. The molecule has 106 valence electrons. The van der Waals surface area contributed by atoms with Gasteiger partial charge in [0.25, 0.3) is 5.56 Å². The van der Waals surface area contributed by atoms with Crippen LogP contribution >= 0.6 is 11.3 Å². The van der Waals surface area contributed by atoms with Crippen molar-refractivity contribution >= 4 is 27.5 Å². The summed E-state index contributed by atoms with van der Waals surface area (Å²) in [5.41, 5.74) is 6.03. The first-order chi connectivity index (χ1) is 10.1. The van der Waals surface area contributed by atoms with E-state index in [2.05, 4.69) is 4.98 Å². The van der Waals surface area contributed by atoms with E-state index in [1.54, 1.807) is 0 Å². The molecular weight excluding hydrogens is 286 g/mol. The van der Waals surface area contributed by atoms with E-state index in [1.165, 1.54) is 22.2 Å². The predicted octanol–water partition coefficient (Wildman–Crippen LogP) is 2.00. The Balaban J connectivity index is 2.04. The minimum atomic E-state index is -0.433. The molecule has 0 fully saturated rings. The second kappa shape index (κ2) is 5.49. The summed E-state index contributed by atoms with van der Waals surface area (Å²) in [6, 6.07) is 11.7. The molecule has 2 aromatic heterocycles. The van der Waals surface area contributed by atoms with Crippen molar-refractivity contribution < 1.29 is 4.79 Å². The molecule has 2 heterocycles. The lowest BCUT2D eigenvalue weighted by Gasteiger charge is -2.02. The molecule has 21 heavy (non-hydrogen) atoms. The Morgan fingerprint density at radius 1 is 1.29 bits per heavy atom. The largest absolute Gasteiger partial charge is 0.370 e. The number of rotatable bonds is 4. The number of hydrogen-bond acceptors (Lipinski definition) is 4. The summed E-state index contributed by atoms with van der Waals surface area (Å²) in [5, 5.41) is 0.575. The zero-order chi connectivity index (χ0) is 14.8. The van der Waals surface area contributed by atoms with Crippen molar-refractivity contribution in [3.63, 3.8) is 0 Å². The summed E-state index contributed by atoms with van der Waals surface area (Å²) in [4.78, 5) is 29.2. The minimum Gasteiger partial charge on any atom is -0.370 e. The SMILES string of the molecule is NC(=O)CCn1cnc2sc(-c3ccccc3)cc2c1=O. The smallest absolute Gasteiger partial charge is 0.262 e. The third-order valence-electron chi connectivity index (χ3n) is 3.18. The van der Waals surface area contributed by atoms with Gasteiger partial charge in [-0.15, -0.1) is 11.3 Å². The molecule has 3 rings (SSSR count). The normalized spacial score (nSPS) is 10.9. The van der Waals surface area contributed by atoms with Gasteiger partial charge < -0.3 is 5.73 Å². The van der Waals surface area contributed by atoms with Crippen LogP contribution in [0.25, 0.3) is 20.7 Å². The van der Waals surface area contributed by atoms with Crippen LogP contribution in [0.1, 0.15) is 6.42 Å². The Bertz CT molecular complexity index is 852. The molecule has 0 aliphatic carbocycles.